The van der Waals surface area contributed by atoms with Crippen LogP contribution in [0.3, 0.4) is 0 Å². The lowest BCUT2D eigenvalue weighted by Gasteiger charge is -2.33. The fourth-order valence-corrected chi connectivity index (χ4v) is 1.03. The summed E-state index contributed by atoms with van der Waals surface area (Å²) in [4.78, 5) is 0. The van der Waals surface area contributed by atoms with E-state index >= 15 is 0 Å². The minimum Gasteiger partial charge on any atom is -0.373 e. The third kappa shape index (κ3) is 1.97. The Labute approximate surface area is 76.0 Å². The highest BCUT2D eigenvalue weighted by molar-refractivity contribution is 4.93. The molecule has 0 spiro atoms. The summed E-state index contributed by atoms with van der Waals surface area (Å²) in [5.74, 6) is 0. The Morgan fingerprint density at radius 1 is 1.07 bits per heavy atom. The van der Waals surface area contributed by atoms with Crippen molar-refractivity contribution in [3.8, 4) is 0 Å². The molecule has 1 rings (SSSR count). The molecular weight excluding hydrogens is 214 g/mol. The molecule has 7 heteroatoms. The van der Waals surface area contributed by atoms with Gasteiger partial charge in [0.05, 0.1) is 12.7 Å². The maximum absolute atomic E-state index is 12.2. The standard InChI is InChI=1S/C7H8F6O/c1-5(6(8,9)10,7(11,12)13)2-4-3-14-4/h4H,2-3H2,1H3. The van der Waals surface area contributed by atoms with Crippen molar-refractivity contribution in [2.45, 2.75) is 31.8 Å². The number of epoxide rings is 1. The highest BCUT2D eigenvalue weighted by Crippen LogP contribution is 2.54. The topological polar surface area (TPSA) is 12.5 Å². The van der Waals surface area contributed by atoms with E-state index in [0.29, 0.717) is 0 Å². The van der Waals surface area contributed by atoms with Gasteiger partial charge in [-0.15, -0.1) is 0 Å². The molecule has 0 aromatic rings. The van der Waals surface area contributed by atoms with Crippen molar-refractivity contribution < 1.29 is 31.1 Å². The Bertz CT molecular complexity index is 199. The van der Waals surface area contributed by atoms with Crippen molar-refractivity contribution in [3.63, 3.8) is 0 Å². The van der Waals surface area contributed by atoms with Crippen LogP contribution in [0.25, 0.3) is 0 Å². The number of rotatable bonds is 2. The second-order valence-corrected chi connectivity index (χ2v) is 3.49. The number of alkyl halides is 6. The smallest absolute Gasteiger partial charge is 0.373 e. The fraction of sp³-hybridized carbons (Fsp3) is 1.00. The molecule has 1 atom stereocenters. The summed E-state index contributed by atoms with van der Waals surface area (Å²) < 4.78 is 77.7. The van der Waals surface area contributed by atoms with Crippen LogP contribution < -0.4 is 0 Å². The van der Waals surface area contributed by atoms with E-state index in [1.165, 1.54) is 0 Å². The van der Waals surface area contributed by atoms with Crippen molar-refractivity contribution in [2.75, 3.05) is 6.61 Å². The van der Waals surface area contributed by atoms with Crippen LogP contribution in [0.4, 0.5) is 26.3 Å². The number of hydrogen-bond acceptors (Lipinski definition) is 1. The van der Waals surface area contributed by atoms with Gasteiger partial charge in [0.15, 0.2) is 5.41 Å². The van der Waals surface area contributed by atoms with Gasteiger partial charge in [-0.2, -0.15) is 26.3 Å². The summed E-state index contributed by atoms with van der Waals surface area (Å²) in [7, 11) is 0. The van der Waals surface area contributed by atoms with Crippen LogP contribution in [0.5, 0.6) is 0 Å². The molecule has 1 aliphatic rings. The van der Waals surface area contributed by atoms with Gasteiger partial charge < -0.3 is 4.74 Å². The average molecular weight is 222 g/mol. The van der Waals surface area contributed by atoms with Crippen molar-refractivity contribution in [3.05, 3.63) is 0 Å². The first kappa shape index (κ1) is 11.6. The molecule has 0 amide bonds. The van der Waals surface area contributed by atoms with Gasteiger partial charge in [0, 0.05) is 0 Å². The first-order valence-corrected chi connectivity index (χ1v) is 3.83. The Balaban J connectivity index is 2.88. The molecule has 1 nitrogen and oxygen atoms in total. The number of hydrogen-bond donors (Lipinski definition) is 0. The predicted octanol–water partition coefficient (Wildman–Crippen LogP) is 2.91. The second kappa shape index (κ2) is 3.01. The second-order valence-electron chi connectivity index (χ2n) is 3.49. The van der Waals surface area contributed by atoms with Crippen LogP contribution in [-0.4, -0.2) is 25.1 Å². The molecule has 1 aliphatic heterocycles. The van der Waals surface area contributed by atoms with Crippen LogP contribution in [-0.2, 0) is 4.74 Å². The van der Waals surface area contributed by atoms with Gasteiger partial charge in [-0.1, -0.05) is 0 Å². The lowest BCUT2D eigenvalue weighted by Crippen LogP contribution is -2.48. The molecule has 0 N–H and O–H groups in total. The highest BCUT2D eigenvalue weighted by atomic mass is 19.4. The Morgan fingerprint density at radius 3 is 1.64 bits per heavy atom. The van der Waals surface area contributed by atoms with E-state index in [1.807, 2.05) is 0 Å². The van der Waals surface area contributed by atoms with Gasteiger partial charge in [-0.3, -0.25) is 0 Å². The molecule has 1 heterocycles. The summed E-state index contributed by atoms with van der Waals surface area (Å²) >= 11 is 0. The van der Waals surface area contributed by atoms with Crippen LogP contribution >= 0.6 is 0 Å². The van der Waals surface area contributed by atoms with Crippen LogP contribution in [0.2, 0.25) is 0 Å². The molecule has 0 saturated carbocycles. The van der Waals surface area contributed by atoms with E-state index in [1.54, 1.807) is 0 Å². The van der Waals surface area contributed by atoms with Gasteiger partial charge in [0.25, 0.3) is 0 Å². The molecule has 14 heavy (non-hydrogen) atoms. The predicted molar refractivity (Wildman–Crippen MR) is 34.6 cm³/mol. The minimum absolute atomic E-state index is 0.0260. The zero-order valence-corrected chi connectivity index (χ0v) is 7.17. The first-order valence-electron chi connectivity index (χ1n) is 3.83. The lowest BCUT2D eigenvalue weighted by molar-refractivity contribution is -0.337. The zero-order chi connectivity index (χ0) is 11.2. The van der Waals surface area contributed by atoms with Crippen LogP contribution in [0.1, 0.15) is 13.3 Å². The first-order chi connectivity index (χ1) is 6.08. The fourth-order valence-electron chi connectivity index (χ4n) is 1.03. The number of halogens is 6. The van der Waals surface area contributed by atoms with Crippen molar-refractivity contribution in [1.29, 1.82) is 0 Å². The summed E-state index contributed by atoms with van der Waals surface area (Å²) in [5, 5.41) is 0. The molecule has 1 fully saturated rings. The van der Waals surface area contributed by atoms with Crippen LogP contribution in [0.15, 0.2) is 0 Å². The van der Waals surface area contributed by atoms with E-state index in [-0.39, 0.29) is 13.5 Å². The van der Waals surface area contributed by atoms with Crippen molar-refractivity contribution in [1.82, 2.24) is 0 Å². The Hall–Kier alpha value is -0.460. The van der Waals surface area contributed by atoms with E-state index in [9.17, 15) is 26.3 Å². The molecule has 1 saturated heterocycles. The van der Waals surface area contributed by atoms with Crippen LogP contribution in [0, 0.1) is 5.41 Å². The largest absolute Gasteiger partial charge is 0.403 e. The van der Waals surface area contributed by atoms with Gasteiger partial charge in [-0.25, -0.2) is 0 Å². The van der Waals surface area contributed by atoms with Gasteiger partial charge in [-0.05, 0) is 13.3 Å². The van der Waals surface area contributed by atoms with E-state index in [2.05, 4.69) is 4.74 Å². The van der Waals surface area contributed by atoms with E-state index in [4.69, 9.17) is 0 Å². The molecule has 1 unspecified atom stereocenters. The SMILES string of the molecule is CC(CC1CO1)(C(F)(F)F)C(F)(F)F. The molecule has 0 bridgehead atoms. The summed E-state index contributed by atoms with van der Waals surface area (Å²) in [6.45, 7) is 0.135. The monoisotopic (exact) mass is 222 g/mol. The quantitative estimate of drug-likeness (QED) is 0.517. The van der Waals surface area contributed by atoms with E-state index in [0.717, 1.165) is 0 Å². The van der Waals surface area contributed by atoms with Crippen molar-refractivity contribution >= 4 is 0 Å². The molecule has 0 aromatic carbocycles. The molecule has 0 aliphatic carbocycles. The molecule has 0 radical (unpaired) electrons. The van der Waals surface area contributed by atoms with Crippen molar-refractivity contribution in [2.24, 2.45) is 5.41 Å². The third-order valence-electron chi connectivity index (χ3n) is 2.29. The zero-order valence-electron chi connectivity index (χ0n) is 7.17. The molecular formula is C7H8F6O. The average Bonchev–Trinajstić information content (AvgIpc) is 2.65. The Kier molecular flexibility index (Phi) is 2.50. The molecule has 84 valence electrons. The Morgan fingerprint density at radius 2 is 1.43 bits per heavy atom. The summed E-state index contributed by atoms with van der Waals surface area (Å²) in [5.41, 5.74) is -3.67. The number of ether oxygens (including phenoxy) is 1. The third-order valence-corrected chi connectivity index (χ3v) is 2.29. The lowest BCUT2D eigenvalue weighted by atomic mass is 9.84. The summed E-state index contributed by atoms with van der Waals surface area (Å²) in [6.07, 6.45) is -12.6. The molecule has 0 aromatic heterocycles. The normalized spacial score (nSPS) is 23.8. The van der Waals surface area contributed by atoms with E-state index < -0.39 is 30.3 Å². The summed E-state index contributed by atoms with van der Waals surface area (Å²) in [6, 6.07) is 0. The maximum atomic E-state index is 12.2. The minimum atomic E-state index is -5.29. The maximum Gasteiger partial charge on any atom is 0.403 e. The van der Waals surface area contributed by atoms with Gasteiger partial charge in [0.2, 0.25) is 0 Å². The highest BCUT2D eigenvalue weighted by Gasteiger charge is 2.68. The van der Waals surface area contributed by atoms with Gasteiger partial charge >= 0.3 is 12.4 Å². The van der Waals surface area contributed by atoms with Gasteiger partial charge in [0.1, 0.15) is 0 Å².